The van der Waals surface area contributed by atoms with E-state index in [0.29, 0.717) is 6.04 Å². The second-order valence-electron chi connectivity index (χ2n) is 5.71. The highest BCUT2D eigenvalue weighted by Crippen LogP contribution is 2.35. The molecule has 2 saturated heterocycles. The third-order valence-electron chi connectivity index (χ3n) is 4.36. The monoisotopic (exact) mass is 277 g/mol. The van der Waals surface area contributed by atoms with E-state index in [9.17, 15) is 0 Å². The summed E-state index contributed by atoms with van der Waals surface area (Å²) in [5, 5.41) is 3.63. The van der Waals surface area contributed by atoms with Crippen molar-refractivity contribution in [2.45, 2.75) is 37.3 Å². The summed E-state index contributed by atoms with van der Waals surface area (Å²) >= 11 is 0. The minimum absolute atomic E-state index is 0.0423. The highest BCUT2D eigenvalue weighted by atomic mass is 16.5. The molecule has 3 rings (SSSR count). The smallest absolute Gasteiger partial charge is 0.119 e. The van der Waals surface area contributed by atoms with E-state index < -0.39 is 0 Å². The van der Waals surface area contributed by atoms with Crippen molar-refractivity contribution in [1.82, 2.24) is 0 Å². The number of benzene rings is 1. The van der Waals surface area contributed by atoms with E-state index in [-0.39, 0.29) is 5.60 Å². The molecule has 1 unspecified atom stereocenters. The van der Waals surface area contributed by atoms with Crippen LogP contribution < -0.4 is 10.1 Å². The Kier molecular flexibility index (Phi) is 4.13. The molecule has 2 aliphatic rings. The van der Waals surface area contributed by atoms with Crippen LogP contribution in [0.2, 0.25) is 0 Å². The molecule has 1 spiro atoms. The highest BCUT2D eigenvalue weighted by Gasteiger charge is 2.38. The second kappa shape index (κ2) is 6.02. The van der Waals surface area contributed by atoms with Crippen LogP contribution in [-0.4, -0.2) is 38.6 Å². The molecule has 1 atom stereocenters. The molecule has 4 heteroatoms. The lowest BCUT2D eigenvalue weighted by Gasteiger charge is -2.43. The summed E-state index contributed by atoms with van der Waals surface area (Å²) in [6.45, 7) is 2.50. The van der Waals surface area contributed by atoms with Gasteiger partial charge in [-0.25, -0.2) is 0 Å². The zero-order chi connectivity index (χ0) is 13.8. The molecule has 1 N–H and O–H groups in total. The normalized spacial score (nSPS) is 25.4. The van der Waals surface area contributed by atoms with E-state index in [4.69, 9.17) is 14.2 Å². The van der Waals surface area contributed by atoms with Gasteiger partial charge in [-0.2, -0.15) is 0 Å². The van der Waals surface area contributed by atoms with Gasteiger partial charge in [0.15, 0.2) is 0 Å². The Bertz CT molecular complexity index is 420. The molecule has 1 aromatic carbocycles. The fraction of sp³-hybridized carbons (Fsp3) is 0.625. The van der Waals surface area contributed by atoms with Crippen molar-refractivity contribution in [3.8, 4) is 5.75 Å². The summed E-state index contributed by atoms with van der Waals surface area (Å²) in [4.78, 5) is 0. The number of anilines is 1. The van der Waals surface area contributed by atoms with Gasteiger partial charge in [0.2, 0.25) is 0 Å². The summed E-state index contributed by atoms with van der Waals surface area (Å²) < 4.78 is 16.7. The zero-order valence-electron chi connectivity index (χ0n) is 12.1. The van der Waals surface area contributed by atoms with Crippen molar-refractivity contribution >= 4 is 5.69 Å². The van der Waals surface area contributed by atoms with E-state index >= 15 is 0 Å². The topological polar surface area (TPSA) is 39.7 Å². The van der Waals surface area contributed by atoms with E-state index in [0.717, 1.165) is 56.9 Å². The first-order chi connectivity index (χ1) is 9.80. The maximum Gasteiger partial charge on any atom is 0.119 e. The summed E-state index contributed by atoms with van der Waals surface area (Å²) in [6.07, 6.45) is 4.18. The largest absolute Gasteiger partial charge is 0.497 e. The number of ether oxygens (including phenoxy) is 3. The van der Waals surface area contributed by atoms with Gasteiger partial charge in [-0.05, 0) is 49.9 Å². The van der Waals surface area contributed by atoms with Gasteiger partial charge in [0.1, 0.15) is 5.75 Å². The third kappa shape index (κ3) is 3.07. The molecule has 2 heterocycles. The fourth-order valence-electron chi connectivity index (χ4n) is 3.17. The molecule has 4 nitrogen and oxygen atoms in total. The number of hydrogen-bond donors (Lipinski definition) is 1. The van der Waals surface area contributed by atoms with Crippen molar-refractivity contribution in [1.29, 1.82) is 0 Å². The van der Waals surface area contributed by atoms with Gasteiger partial charge in [0.25, 0.3) is 0 Å². The Balaban J connectivity index is 1.61. The molecule has 1 aromatic rings. The SMILES string of the molecule is COc1ccc(NC2CCOC3(CCOCC3)C2)cc1. The molecule has 0 bridgehead atoms. The molecule has 0 aromatic heterocycles. The van der Waals surface area contributed by atoms with Crippen molar-refractivity contribution < 1.29 is 14.2 Å². The van der Waals surface area contributed by atoms with Crippen LogP contribution in [0.1, 0.15) is 25.7 Å². The predicted octanol–water partition coefficient (Wildman–Crippen LogP) is 2.84. The second-order valence-corrected chi connectivity index (χ2v) is 5.71. The molecule has 0 saturated carbocycles. The lowest BCUT2D eigenvalue weighted by molar-refractivity contribution is -0.135. The third-order valence-corrected chi connectivity index (χ3v) is 4.36. The van der Waals surface area contributed by atoms with Gasteiger partial charge in [-0.15, -0.1) is 0 Å². The molecule has 20 heavy (non-hydrogen) atoms. The van der Waals surface area contributed by atoms with Gasteiger partial charge in [0, 0.05) is 31.5 Å². The Morgan fingerprint density at radius 3 is 2.60 bits per heavy atom. The van der Waals surface area contributed by atoms with Crippen molar-refractivity contribution in [2.75, 3.05) is 32.2 Å². The van der Waals surface area contributed by atoms with E-state index in [1.165, 1.54) is 0 Å². The van der Waals surface area contributed by atoms with Gasteiger partial charge in [-0.1, -0.05) is 0 Å². The van der Waals surface area contributed by atoms with E-state index in [1.807, 2.05) is 12.1 Å². The standard InChI is InChI=1S/C16H23NO3/c1-18-15-4-2-13(3-5-15)17-14-6-9-20-16(12-14)7-10-19-11-8-16/h2-5,14,17H,6-12H2,1H3. The molecule has 2 fully saturated rings. The maximum atomic E-state index is 6.07. The Hall–Kier alpha value is -1.26. The van der Waals surface area contributed by atoms with Crippen molar-refractivity contribution in [3.63, 3.8) is 0 Å². The average molecular weight is 277 g/mol. The molecule has 2 aliphatic heterocycles. The van der Waals surface area contributed by atoms with Crippen LogP contribution in [-0.2, 0) is 9.47 Å². The Morgan fingerprint density at radius 1 is 1.15 bits per heavy atom. The molecule has 110 valence electrons. The summed E-state index contributed by atoms with van der Waals surface area (Å²) in [6, 6.07) is 8.61. The fourth-order valence-corrected chi connectivity index (χ4v) is 3.17. The highest BCUT2D eigenvalue weighted by molar-refractivity contribution is 5.47. The summed E-state index contributed by atoms with van der Waals surface area (Å²) in [5.41, 5.74) is 1.19. The van der Waals surface area contributed by atoms with Crippen LogP contribution >= 0.6 is 0 Å². The number of methoxy groups -OCH3 is 1. The van der Waals surface area contributed by atoms with Gasteiger partial charge >= 0.3 is 0 Å². The summed E-state index contributed by atoms with van der Waals surface area (Å²) in [5.74, 6) is 0.892. The minimum Gasteiger partial charge on any atom is -0.497 e. The minimum atomic E-state index is 0.0423. The number of hydrogen-bond acceptors (Lipinski definition) is 4. The van der Waals surface area contributed by atoms with E-state index in [1.54, 1.807) is 7.11 Å². The molecular formula is C16H23NO3. The average Bonchev–Trinajstić information content (AvgIpc) is 2.49. The lowest BCUT2D eigenvalue weighted by Crippen LogP contribution is -2.47. The molecular weight excluding hydrogens is 254 g/mol. The van der Waals surface area contributed by atoms with Gasteiger partial charge < -0.3 is 19.5 Å². The molecule has 0 radical (unpaired) electrons. The number of rotatable bonds is 3. The van der Waals surface area contributed by atoms with Crippen molar-refractivity contribution in [3.05, 3.63) is 24.3 Å². The maximum absolute atomic E-state index is 6.07. The van der Waals surface area contributed by atoms with Crippen LogP contribution in [0.4, 0.5) is 5.69 Å². The first kappa shape index (κ1) is 13.7. The van der Waals surface area contributed by atoms with Crippen LogP contribution in [0, 0.1) is 0 Å². The number of nitrogens with one attached hydrogen (secondary N) is 1. The Morgan fingerprint density at radius 2 is 1.90 bits per heavy atom. The van der Waals surface area contributed by atoms with Crippen LogP contribution in [0.3, 0.4) is 0 Å². The van der Waals surface area contributed by atoms with Crippen molar-refractivity contribution in [2.24, 2.45) is 0 Å². The zero-order valence-corrected chi connectivity index (χ0v) is 12.1. The van der Waals surface area contributed by atoms with E-state index in [2.05, 4.69) is 17.4 Å². The molecule has 0 aliphatic carbocycles. The lowest BCUT2D eigenvalue weighted by atomic mass is 9.84. The van der Waals surface area contributed by atoms with Crippen LogP contribution in [0.5, 0.6) is 5.75 Å². The summed E-state index contributed by atoms with van der Waals surface area (Å²) in [7, 11) is 1.69. The van der Waals surface area contributed by atoms with Crippen LogP contribution in [0.25, 0.3) is 0 Å². The Labute approximate surface area is 120 Å². The van der Waals surface area contributed by atoms with Gasteiger partial charge in [-0.3, -0.25) is 0 Å². The predicted molar refractivity (Wildman–Crippen MR) is 78.4 cm³/mol. The first-order valence-corrected chi connectivity index (χ1v) is 7.42. The van der Waals surface area contributed by atoms with Gasteiger partial charge in [0.05, 0.1) is 12.7 Å². The first-order valence-electron chi connectivity index (χ1n) is 7.42. The van der Waals surface area contributed by atoms with Crippen LogP contribution in [0.15, 0.2) is 24.3 Å². The molecule has 0 amide bonds. The quantitative estimate of drug-likeness (QED) is 0.922.